The fourth-order valence-electron chi connectivity index (χ4n) is 4.25. The molecule has 0 bridgehead atoms. The van der Waals surface area contributed by atoms with Gasteiger partial charge >= 0.3 is 0 Å². The van der Waals surface area contributed by atoms with Crippen molar-refractivity contribution in [2.45, 2.75) is 45.1 Å². The second-order valence-electron chi connectivity index (χ2n) is 8.41. The number of hydrogen-bond donors (Lipinski definition) is 3. The molecular formula is C25H31N7. The summed E-state index contributed by atoms with van der Waals surface area (Å²) in [6.45, 7) is 5.22. The van der Waals surface area contributed by atoms with Crippen LogP contribution in [0.5, 0.6) is 0 Å². The quantitative estimate of drug-likeness (QED) is 0.338. The van der Waals surface area contributed by atoms with E-state index < -0.39 is 0 Å². The maximum absolute atomic E-state index is 9.23. The Balaban J connectivity index is 1.53. The number of anilines is 4. The Morgan fingerprint density at radius 1 is 1.16 bits per heavy atom. The predicted octanol–water partition coefficient (Wildman–Crippen LogP) is 4.58. The maximum Gasteiger partial charge on any atom is 0.229 e. The van der Waals surface area contributed by atoms with E-state index >= 15 is 0 Å². The van der Waals surface area contributed by atoms with E-state index in [0.29, 0.717) is 28.9 Å². The van der Waals surface area contributed by atoms with Gasteiger partial charge in [0.15, 0.2) is 0 Å². The van der Waals surface area contributed by atoms with Crippen molar-refractivity contribution in [3.8, 4) is 6.07 Å². The van der Waals surface area contributed by atoms with Crippen molar-refractivity contribution in [3.05, 3.63) is 48.0 Å². The smallest absolute Gasteiger partial charge is 0.229 e. The summed E-state index contributed by atoms with van der Waals surface area (Å²) < 4.78 is 0. The highest BCUT2D eigenvalue weighted by Crippen LogP contribution is 2.29. The number of nitriles is 1. The summed E-state index contributed by atoms with van der Waals surface area (Å²) in [5.74, 6) is 1.45. The number of nitrogens with two attached hydrogens (primary N) is 1. The van der Waals surface area contributed by atoms with E-state index in [2.05, 4.69) is 34.6 Å². The minimum absolute atomic E-state index is 0.480. The summed E-state index contributed by atoms with van der Waals surface area (Å²) >= 11 is 0. The molecule has 0 aliphatic carbocycles. The average Bonchev–Trinajstić information content (AvgIpc) is 3.27. The zero-order valence-corrected chi connectivity index (χ0v) is 18.6. The van der Waals surface area contributed by atoms with Gasteiger partial charge in [0.2, 0.25) is 5.95 Å². The Bertz CT molecular complexity index is 1110. The summed E-state index contributed by atoms with van der Waals surface area (Å²) in [5, 5.41) is 17.2. The first-order chi connectivity index (χ1) is 15.7. The van der Waals surface area contributed by atoms with Gasteiger partial charge in [-0.2, -0.15) is 10.2 Å². The molecule has 4 rings (SSSR count). The predicted molar refractivity (Wildman–Crippen MR) is 131 cm³/mol. The number of nitrogens with one attached hydrogen (secondary N) is 2. The first-order valence-electron chi connectivity index (χ1n) is 11.5. The molecule has 1 aliphatic rings. The first-order valence-corrected chi connectivity index (χ1v) is 11.5. The van der Waals surface area contributed by atoms with Crippen LogP contribution in [0.4, 0.5) is 23.1 Å². The van der Waals surface area contributed by atoms with Crippen LogP contribution in [0.15, 0.2) is 42.5 Å². The van der Waals surface area contributed by atoms with Gasteiger partial charge in [0, 0.05) is 35.9 Å². The van der Waals surface area contributed by atoms with Crippen LogP contribution >= 0.6 is 0 Å². The summed E-state index contributed by atoms with van der Waals surface area (Å²) in [4.78, 5) is 11.9. The van der Waals surface area contributed by atoms with Crippen LogP contribution in [0.3, 0.4) is 0 Å². The molecule has 7 nitrogen and oxygen atoms in total. The zero-order chi connectivity index (χ0) is 22.3. The molecule has 1 aliphatic heterocycles. The summed E-state index contributed by atoms with van der Waals surface area (Å²) in [6.07, 6.45) is 6.21. The third-order valence-corrected chi connectivity index (χ3v) is 5.87. The minimum Gasteiger partial charge on any atom is -0.399 e. The summed E-state index contributed by atoms with van der Waals surface area (Å²) in [6, 6.07) is 15.9. The van der Waals surface area contributed by atoms with Gasteiger partial charge in [-0.15, -0.1) is 0 Å². The fourth-order valence-corrected chi connectivity index (χ4v) is 4.25. The van der Waals surface area contributed by atoms with E-state index in [1.807, 2.05) is 18.2 Å². The molecule has 7 heteroatoms. The van der Waals surface area contributed by atoms with E-state index in [4.69, 9.17) is 15.7 Å². The number of para-hydroxylation sites is 1. The number of unbranched alkanes of at least 4 members (excludes halogenated alkanes) is 3. The molecule has 166 valence electrons. The van der Waals surface area contributed by atoms with Gasteiger partial charge in [0.25, 0.3) is 0 Å². The Morgan fingerprint density at radius 3 is 2.88 bits per heavy atom. The van der Waals surface area contributed by atoms with Crippen LogP contribution in [-0.2, 0) is 0 Å². The third kappa shape index (κ3) is 5.27. The molecule has 0 saturated carbocycles. The Labute approximate surface area is 189 Å². The minimum atomic E-state index is 0.480. The lowest BCUT2D eigenvalue weighted by Crippen LogP contribution is -2.33. The molecule has 0 spiro atoms. The molecule has 1 fully saturated rings. The number of benzene rings is 2. The van der Waals surface area contributed by atoms with Crippen LogP contribution < -0.4 is 21.3 Å². The van der Waals surface area contributed by atoms with Crippen molar-refractivity contribution < 1.29 is 0 Å². The Hall–Kier alpha value is -3.37. The lowest BCUT2D eigenvalue weighted by Gasteiger charge is -2.21. The van der Waals surface area contributed by atoms with Crippen molar-refractivity contribution in [2.24, 2.45) is 0 Å². The second kappa shape index (κ2) is 10.3. The summed E-state index contributed by atoms with van der Waals surface area (Å²) in [7, 11) is 0. The van der Waals surface area contributed by atoms with Crippen LogP contribution in [0, 0.1) is 11.3 Å². The highest BCUT2D eigenvalue weighted by atomic mass is 15.3. The molecule has 0 amide bonds. The third-order valence-electron chi connectivity index (χ3n) is 5.87. The highest BCUT2D eigenvalue weighted by Gasteiger charge is 2.25. The first kappa shape index (κ1) is 21.8. The van der Waals surface area contributed by atoms with Gasteiger partial charge in [-0.3, -0.25) is 0 Å². The average molecular weight is 430 g/mol. The number of aromatic nitrogens is 2. The van der Waals surface area contributed by atoms with E-state index in [1.165, 1.54) is 25.7 Å². The van der Waals surface area contributed by atoms with Crippen molar-refractivity contribution >= 4 is 34.0 Å². The molecule has 1 atom stereocenters. The van der Waals surface area contributed by atoms with Gasteiger partial charge < -0.3 is 21.3 Å². The number of fused-ring (bicyclic) bond motifs is 1. The molecular weight excluding hydrogens is 398 g/mol. The molecule has 2 aromatic carbocycles. The molecule has 1 aromatic heterocycles. The molecule has 4 N–H and O–H groups in total. The summed E-state index contributed by atoms with van der Waals surface area (Å²) in [5.41, 5.74) is 8.57. The maximum atomic E-state index is 9.23. The molecule has 3 aromatic rings. The number of hydrogen-bond acceptors (Lipinski definition) is 7. The molecule has 0 radical (unpaired) electrons. The normalized spacial score (nSPS) is 15.8. The van der Waals surface area contributed by atoms with Crippen LogP contribution in [-0.4, -0.2) is 35.6 Å². The van der Waals surface area contributed by atoms with Gasteiger partial charge in [-0.05, 0) is 49.7 Å². The second-order valence-corrected chi connectivity index (χ2v) is 8.41. The number of nitrogens with zero attached hydrogens (tertiary/aromatic N) is 4. The topological polar surface area (TPSA) is 103 Å². The van der Waals surface area contributed by atoms with E-state index in [0.717, 1.165) is 42.8 Å². The largest absolute Gasteiger partial charge is 0.399 e. The van der Waals surface area contributed by atoms with E-state index in [9.17, 15) is 5.26 Å². The lowest BCUT2D eigenvalue weighted by molar-refractivity contribution is 0.522. The van der Waals surface area contributed by atoms with Gasteiger partial charge in [-0.1, -0.05) is 38.3 Å². The SMILES string of the molecule is CCCCCCNC1CCN(c2nc(Nc3cc(N)cc(C#N)c3)nc3ccccc23)C1. The monoisotopic (exact) mass is 429 g/mol. The number of nitrogen functional groups attached to an aromatic ring is 1. The molecule has 1 saturated heterocycles. The Morgan fingerprint density at radius 2 is 2.03 bits per heavy atom. The van der Waals surface area contributed by atoms with Gasteiger partial charge in [0.1, 0.15) is 5.82 Å². The zero-order valence-electron chi connectivity index (χ0n) is 18.6. The van der Waals surface area contributed by atoms with E-state index in [-0.39, 0.29) is 0 Å². The van der Waals surface area contributed by atoms with Crippen molar-refractivity contribution in [2.75, 3.05) is 35.6 Å². The number of rotatable bonds is 9. The highest BCUT2D eigenvalue weighted by molar-refractivity contribution is 5.91. The molecule has 1 unspecified atom stereocenters. The van der Waals surface area contributed by atoms with Gasteiger partial charge in [-0.25, -0.2) is 4.98 Å². The fraction of sp³-hybridized carbons (Fsp3) is 0.400. The van der Waals surface area contributed by atoms with E-state index in [1.54, 1.807) is 18.2 Å². The van der Waals surface area contributed by atoms with Crippen molar-refractivity contribution in [1.82, 2.24) is 15.3 Å². The van der Waals surface area contributed by atoms with Gasteiger partial charge in [0.05, 0.1) is 17.1 Å². The molecule has 2 heterocycles. The van der Waals surface area contributed by atoms with Crippen LogP contribution in [0.1, 0.15) is 44.6 Å². The van der Waals surface area contributed by atoms with Crippen LogP contribution in [0.25, 0.3) is 10.9 Å². The Kier molecular flexibility index (Phi) is 7.03. The standard InChI is InChI=1S/C25H31N7/c1-2-3-4-7-11-28-20-10-12-32(17-20)24-22-8-5-6-9-23(22)30-25(31-24)29-21-14-18(16-26)13-19(27)15-21/h5-6,8-9,13-15,20,28H,2-4,7,10-12,17,27H2,1H3,(H,29,30,31). The molecule has 32 heavy (non-hydrogen) atoms. The van der Waals surface area contributed by atoms with Crippen molar-refractivity contribution in [1.29, 1.82) is 5.26 Å². The lowest BCUT2D eigenvalue weighted by atomic mass is 10.2. The van der Waals surface area contributed by atoms with Crippen LogP contribution in [0.2, 0.25) is 0 Å². The van der Waals surface area contributed by atoms with Crippen molar-refractivity contribution in [3.63, 3.8) is 0 Å².